The van der Waals surface area contributed by atoms with Crippen LogP contribution in [0.2, 0.25) is 5.02 Å². The minimum absolute atomic E-state index is 0.207. The monoisotopic (exact) mass is 330 g/mol. The van der Waals surface area contributed by atoms with Crippen LogP contribution in [-0.4, -0.2) is 9.97 Å². The number of hydrogen-bond acceptors (Lipinski definition) is 2. The fourth-order valence-electron chi connectivity index (χ4n) is 2.23. The molecule has 0 unspecified atom stereocenters. The van der Waals surface area contributed by atoms with Crippen molar-refractivity contribution in [3.05, 3.63) is 74.8 Å². The molecule has 0 saturated heterocycles. The first-order valence-electron chi connectivity index (χ1n) is 6.67. The van der Waals surface area contributed by atoms with Crippen LogP contribution in [0.15, 0.2) is 47.3 Å². The van der Waals surface area contributed by atoms with Gasteiger partial charge in [-0.1, -0.05) is 47.5 Å². The minimum Gasteiger partial charge on any atom is -0.305 e. The third kappa shape index (κ3) is 2.91. The standard InChI is InChI=1S/C17H12Cl2N2O/c1-10-4-2-7-13-15(10)20-16(21-17(13)22)14(19)9-11-5-3-6-12(18)8-11/h2-9H,1H3,(H,20,21,22)/b14-9-. The van der Waals surface area contributed by atoms with Gasteiger partial charge in [0.1, 0.15) is 0 Å². The molecule has 22 heavy (non-hydrogen) atoms. The van der Waals surface area contributed by atoms with Crippen molar-refractivity contribution in [3.63, 3.8) is 0 Å². The summed E-state index contributed by atoms with van der Waals surface area (Å²) in [5.74, 6) is 0.341. The third-order valence-corrected chi connectivity index (χ3v) is 3.83. The molecule has 1 N–H and O–H groups in total. The summed E-state index contributed by atoms with van der Waals surface area (Å²) in [5, 5.41) is 1.52. The molecule has 110 valence electrons. The van der Waals surface area contributed by atoms with E-state index in [9.17, 15) is 4.79 Å². The Hall–Kier alpha value is -2.10. The number of aromatic amines is 1. The fourth-order valence-corrected chi connectivity index (χ4v) is 2.64. The molecule has 0 spiro atoms. The van der Waals surface area contributed by atoms with Crippen molar-refractivity contribution >= 4 is 45.2 Å². The second-order valence-corrected chi connectivity index (χ2v) is 5.78. The summed E-state index contributed by atoms with van der Waals surface area (Å²) in [6, 6.07) is 12.8. The number of nitrogens with one attached hydrogen (secondary N) is 1. The number of para-hydroxylation sites is 1. The summed E-state index contributed by atoms with van der Waals surface area (Å²) in [6.45, 7) is 1.91. The average Bonchev–Trinajstić information content (AvgIpc) is 2.48. The van der Waals surface area contributed by atoms with E-state index in [0.29, 0.717) is 26.8 Å². The van der Waals surface area contributed by atoms with Gasteiger partial charge in [0.2, 0.25) is 0 Å². The molecule has 1 aromatic heterocycles. The van der Waals surface area contributed by atoms with Crippen LogP contribution in [0.4, 0.5) is 0 Å². The summed E-state index contributed by atoms with van der Waals surface area (Å²) in [4.78, 5) is 19.3. The number of aryl methyl sites for hydroxylation is 1. The number of H-pyrrole nitrogens is 1. The lowest BCUT2D eigenvalue weighted by Gasteiger charge is -2.04. The average molecular weight is 331 g/mol. The molecule has 0 aliphatic heterocycles. The van der Waals surface area contributed by atoms with Gasteiger partial charge in [-0.25, -0.2) is 4.98 Å². The molecule has 0 radical (unpaired) electrons. The van der Waals surface area contributed by atoms with Crippen LogP contribution in [0.5, 0.6) is 0 Å². The second kappa shape index (κ2) is 5.95. The second-order valence-electron chi connectivity index (χ2n) is 4.93. The highest BCUT2D eigenvalue weighted by molar-refractivity contribution is 6.50. The third-order valence-electron chi connectivity index (χ3n) is 3.31. The Balaban J connectivity index is 2.14. The molecule has 5 heteroatoms. The summed E-state index contributed by atoms with van der Waals surface area (Å²) in [6.07, 6.45) is 1.72. The molecule has 3 aromatic rings. The van der Waals surface area contributed by atoms with Crippen LogP contribution in [-0.2, 0) is 0 Å². The largest absolute Gasteiger partial charge is 0.305 e. The topological polar surface area (TPSA) is 45.8 Å². The Morgan fingerprint density at radius 3 is 2.77 bits per heavy atom. The van der Waals surface area contributed by atoms with E-state index in [1.165, 1.54) is 0 Å². The van der Waals surface area contributed by atoms with Gasteiger partial charge in [-0.05, 0) is 42.3 Å². The van der Waals surface area contributed by atoms with E-state index >= 15 is 0 Å². The first kappa shape index (κ1) is 14.8. The highest BCUT2D eigenvalue weighted by Crippen LogP contribution is 2.22. The van der Waals surface area contributed by atoms with Crippen molar-refractivity contribution in [2.75, 3.05) is 0 Å². The van der Waals surface area contributed by atoms with Crippen molar-refractivity contribution in [1.82, 2.24) is 9.97 Å². The molecule has 2 aromatic carbocycles. The van der Waals surface area contributed by atoms with Crippen LogP contribution in [0.25, 0.3) is 22.0 Å². The van der Waals surface area contributed by atoms with Crippen molar-refractivity contribution in [3.8, 4) is 0 Å². The van der Waals surface area contributed by atoms with Gasteiger partial charge in [0.15, 0.2) is 5.82 Å². The lowest BCUT2D eigenvalue weighted by Crippen LogP contribution is -2.11. The number of aromatic nitrogens is 2. The highest BCUT2D eigenvalue weighted by atomic mass is 35.5. The van der Waals surface area contributed by atoms with Crippen molar-refractivity contribution in [2.45, 2.75) is 6.92 Å². The van der Waals surface area contributed by atoms with Gasteiger partial charge in [-0.2, -0.15) is 0 Å². The smallest absolute Gasteiger partial charge is 0.259 e. The van der Waals surface area contributed by atoms with E-state index < -0.39 is 0 Å². The quantitative estimate of drug-likeness (QED) is 0.745. The number of nitrogens with zero attached hydrogens (tertiary/aromatic N) is 1. The zero-order valence-corrected chi connectivity index (χ0v) is 13.2. The van der Waals surface area contributed by atoms with Gasteiger partial charge in [0, 0.05) is 5.02 Å². The van der Waals surface area contributed by atoms with Crippen molar-refractivity contribution in [2.24, 2.45) is 0 Å². The Kier molecular flexibility index (Phi) is 4.01. The Labute approximate surface area is 137 Å². The molecule has 0 aliphatic rings. The minimum atomic E-state index is -0.207. The van der Waals surface area contributed by atoms with Gasteiger partial charge < -0.3 is 4.98 Å². The molecule has 0 aliphatic carbocycles. The number of benzene rings is 2. The maximum atomic E-state index is 12.2. The summed E-state index contributed by atoms with van der Waals surface area (Å²) in [7, 11) is 0. The molecule has 3 nitrogen and oxygen atoms in total. The first-order valence-corrected chi connectivity index (χ1v) is 7.43. The molecule has 0 saturated carbocycles. The van der Waals surface area contributed by atoms with Crippen molar-refractivity contribution < 1.29 is 0 Å². The fraction of sp³-hybridized carbons (Fsp3) is 0.0588. The molecule has 3 rings (SSSR count). The first-order chi connectivity index (χ1) is 10.5. The van der Waals surface area contributed by atoms with E-state index in [-0.39, 0.29) is 5.56 Å². The Morgan fingerprint density at radius 1 is 1.23 bits per heavy atom. The molecular formula is C17H12Cl2N2O. The predicted molar refractivity (Wildman–Crippen MR) is 92.3 cm³/mol. The van der Waals surface area contributed by atoms with Gasteiger partial charge in [0.25, 0.3) is 5.56 Å². The van der Waals surface area contributed by atoms with Crippen LogP contribution >= 0.6 is 23.2 Å². The van der Waals surface area contributed by atoms with Crippen LogP contribution < -0.4 is 5.56 Å². The van der Waals surface area contributed by atoms with Gasteiger partial charge in [-0.15, -0.1) is 0 Å². The zero-order chi connectivity index (χ0) is 15.7. The number of fused-ring (bicyclic) bond motifs is 1. The van der Waals surface area contributed by atoms with Gasteiger partial charge >= 0.3 is 0 Å². The SMILES string of the molecule is Cc1cccc2c(=O)[nH]c(/C(Cl)=C/c3cccc(Cl)c3)nc12. The number of hydrogen-bond donors (Lipinski definition) is 1. The molecule has 0 bridgehead atoms. The number of halogens is 2. The van der Waals surface area contributed by atoms with Crippen LogP contribution in [0.1, 0.15) is 17.0 Å². The van der Waals surface area contributed by atoms with Crippen LogP contribution in [0, 0.1) is 6.92 Å². The van der Waals surface area contributed by atoms with E-state index in [1.807, 2.05) is 31.2 Å². The normalized spacial score (nSPS) is 11.9. The van der Waals surface area contributed by atoms with Gasteiger partial charge in [-0.3, -0.25) is 4.79 Å². The Bertz CT molecular complexity index is 945. The highest BCUT2D eigenvalue weighted by Gasteiger charge is 2.08. The summed E-state index contributed by atoms with van der Waals surface area (Å²) in [5.41, 5.74) is 2.21. The van der Waals surface area contributed by atoms with E-state index in [0.717, 1.165) is 11.1 Å². The molecular weight excluding hydrogens is 319 g/mol. The number of rotatable bonds is 2. The molecule has 0 fully saturated rings. The van der Waals surface area contributed by atoms with Crippen LogP contribution in [0.3, 0.4) is 0 Å². The zero-order valence-electron chi connectivity index (χ0n) is 11.7. The van der Waals surface area contributed by atoms with E-state index in [1.54, 1.807) is 24.3 Å². The predicted octanol–water partition coefficient (Wildman–Crippen LogP) is 4.62. The molecule has 1 heterocycles. The molecule has 0 atom stereocenters. The van der Waals surface area contributed by atoms with E-state index in [4.69, 9.17) is 23.2 Å². The Morgan fingerprint density at radius 2 is 2.00 bits per heavy atom. The maximum absolute atomic E-state index is 12.2. The van der Waals surface area contributed by atoms with Gasteiger partial charge in [0.05, 0.1) is 15.9 Å². The maximum Gasteiger partial charge on any atom is 0.259 e. The van der Waals surface area contributed by atoms with Crippen molar-refractivity contribution in [1.29, 1.82) is 0 Å². The lowest BCUT2D eigenvalue weighted by atomic mass is 10.1. The summed E-state index contributed by atoms with van der Waals surface area (Å²) >= 11 is 12.3. The summed E-state index contributed by atoms with van der Waals surface area (Å²) < 4.78 is 0. The van der Waals surface area contributed by atoms with E-state index in [2.05, 4.69) is 9.97 Å². The lowest BCUT2D eigenvalue weighted by molar-refractivity contribution is 1.13. The molecule has 0 amide bonds.